The molecule has 0 aromatic heterocycles. The van der Waals surface area contributed by atoms with Gasteiger partial charge in [0.1, 0.15) is 0 Å². The summed E-state index contributed by atoms with van der Waals surface area (Å²) in [6, 6.07) is 1.49. The van der Waals surface area contributed by atoms with E-state index >= 15 is 0 Å². The third-order valence-corrected chi connectivity index (χ3v) is 5.64. The summed E-state index contributed by atoms with van der Waals surface area (Å²) in [5.41, 5.74) is 5.42. The van der Waals surface area contributed by atoms with Crippen LogP contribution in [0.4, 0.5) is 0 Å². The molecule has 3 rings (SSSR count). The normalized spacial score (nSPS) is 39.3. The Morgan fingerprint density at radius 3 is 2.43 bits per heavy atom. The van der Waals surface area contributed by atoms with Gasteiger partial charge in [0.2, 0.25) is 11.8 Å². The number of likely N-dealkylation sites (tertiary alicyclic amines) is 1. The number of hydrogen-bond donors (Lipinski definition) is 2. The van der Waals surface area contributed by atoms with Crippen molar-refractivity contribution >= 4 is 11.8 Å². The number of carbonyl (C=O) groups excluding carboxylic acids is 2. The molecule has 0 aromatic carbocycles. The molecule has 5 heteroatoms. The van der Waals surface area contributed by atoms with E-state index in [-0.39, 0.29) is 23.8 Å². The van der Waals surface area contributed by atoms with Gasteiger partial charge in [0, 0.05) is 31.1 Å². The summed E-state index contributed by atoms with van der Waals surface area (Å²) in [4.78, 5) is 25.9. The van der Waals surface area contributed by atoms with Crippen molar-refractivity contribution in [1.29, 1.82) is 0 Å². The van der Waals surface area contributed by atoms with Crippen LogP contribution < -0.4 is 11.1 Å². The number of rotatable bonds is 3. The summed E-state index contributed by atoms with van der Waals surface area (Å²) in [5.74, 6) is 0.311. The van der Waals surface area contributed by atoms with Gasteiger partial charge in [-0.25, -0.2) is 0 Å². The van der Waals surface area contributed by atoms with Gasteiger partial charge in [-0.05, 0) is 51.4 Å². The molecular weight excluding hydrogens is 266 g/mol. The molecule has 0 aliphatic carbocycles. The van der Waals surface area contributed by atoms with Crippen molar-refractivity contribution in [2.24, 2.45) is 17.6 Å². The minimum Gasteiger partial charge on any atom is -0.369 e. The average Bonchev–Trinajstić information content (AvgIpc) is 2.78. The lowest BCUT2D eigenvalue weighted by molar-refractivity contribution is -0.138. The molecule has 2 amide bonds. The second-order valence-corrected chi connectivity index (χ2v) is 7.25. The zero-order chi connectivity index (χ0) is 15.0. The van der Waals surface area contributed by atoms with Crippen molar-refractivity contribution in [3.63, 3.8) is 0 Å². The second-order valence-electron chi connectivity index (χ2n) is 7.25. The molecule has 3 aliphatic heterocycles. The Labute approximate surface area is 126 Å². The maximum atomic E-state index is 12.6. The van der Waals surface area contributed by atoms with Gasteiger partial charge in [-0.3, -0.25) is 9.59 Å². The SMILES string of the molecule is CC1CCC(C(N)=O)CN1C(=O)CC1CC2CCC(C1)N2. The van der Waals surface area contributed by atoms with Gasteiger partial charge < -0.3 is 16.0 Å². The minimum absolute atomic E-state index is 0.158. The van der Waals surface area contributed by atoms with Crippen LogP contribution in [0.5, 0.6) is 0 Å². The largest absolute Gasteiger partial charge is 0.369 e. The summed E-state index contributed by atoms with van der Waals surface area (Å²) in [6.07, 6.45) is 7.13. The smallest absolute Gasteiger partial charge is 0.223 e. The van der Waals surface area contributed by atoms with Gasteiger partial charge >= 0.3 is 0 Å². The van der Waals surface area contributed by atoms with Crippen LogP contribution in [0.3, 0.4) is 0 Å². The van der Waals surface area contributed by atoms with Crippen molar-refractivity contribution < 1.29 is 9.59 Å². The minimum atomic E-state index is -0.264. The standard InChI is InChI=1S/C16H27N3O2/c1-10-2-3-12(16(17)21)9-19(10)15(20)8-11-6-13-4-5-14(7-11)18-13/h10-14,18H,2-9H2,1H3,(H2,17,21). The molecule has 0 aromatic rings. The van der Waals surface area contributed by atoms with E-state index in [1.165, 1.54) is 12.8 Å². The Morgan fingerprint density at radius 2 is 1.81 bits per heavy atom. The van der Waals surface area contributed by atoms with Crippen molar-refractivity contribution in [2.75, 3.05) is 6.54 Å². The van der Waals surface area contributed by atoms with Gasteiger partial charge in [-0.15, -0.1) is 0 Å². The summed E-state index contributed by atoms with van der Waals surface area (Å²) < 4.78 is 0. The van der Waals surface area contributed by atoms with Crippen LogP contribution in [0.1, 0.15) is 51.9 Å². The van der Waals surface area contributed by atoms with E-state index in [1.807, 2.05) is 4.90 Å². The fourth-order valence-electron chi connectivity index (χ4n) is 4.39. The maximum Gasteiger partial charge on any atom is 0.223 e. The number of primary amides is 1. The Kier molecular flexibility index (Phi) is 4.20. The monoisotopic (exact) mass is 293 g/mol. The van der Waals surface area contributed by atoms with E-state index in [4.69, 9.17) is 5.73 Å². The molecule has 118 valence electrons. The van der Waals surface area contributed by atoms with Gasteiger partial charge in [0.05, 0.1) is 5.92 Å². The lowest BCUT2D eigenvalue weighted by atomic mass is 9.87. The highest BCUT2D eigenvalue weighted by Crippen LogP contribution is 2.33. The molecule has 3 aliphatic rings. The molecule has 4 atom stereocenters. The van der Waals surface area contributed by atoms with Gasteiger partial charge in [-0.1, -0.05) is 0 Å². The Hall–Kier alpha value is -1.10. The van der Waals surface area contributed by atoms with E-state index < -0.39 is 0 Å². The zero-order valence-electron chi connectivity index (χ0n) is 12.9. The van der Waals surface area contributed by atoms with Gasteiger partial charge in [0.15, 0.2) is 0 Å². The lowest BCUT2D eigenvalue weighted by Gasteiger charge is -2.38. The first-order valence-corrected chi connectivity index (χ1v) is 8.37. The number of nitrogens with two attached hydrogens (primary N) is 1. The maximum absolute atomic E-state index is 12.6. The van der Waals surface area contributed by atoms with E-state index in [9.17, 15) is 9.59 Å². The lowest BCUT2D eigenvalue weighted by Crippen LogP contribution is -2.49. The predicted octanol–water partition coefficient (Wildman–Crippen LogP) is 1.02. The number of nitrogens with one attached hydrogen (secondary N) is 1. The fraction of sp³-hybridized carbons (Fsp3) is 0.875. The van der Waals surface area contributed by atoms with Crippen LogP contribution in [0, 0.1) is 11.8 Å². The van der Waals surface area contributed by atoms with Gasteiger partial charge in [-0.2, -0.15) is 0 Å². The number of hydrogen-bond acceptors (Lipinski definition) is 3. The van der Waals surface area contributed by atoms with Crippen LogP contribution >= 0.6 is 0 Å². The molecule has 5 nitrogen and oxygen atoms in total. The van der Waals surface area contributed by atoms with Gasteiger partial charge in [0.25, 0.3) is 0 Å². The first-order chi connectivity index (χ1) is 10.0. The van der Waals surface area contributed by atoms with E-state index in [0.717, 1.165) is 25.7 Å². The van der Waals surface area contributed by atoms with Crippen molar-refractivity contribution in [3.8, 4) is 0 Å². The highest BCUT2D eigenvalue weighted by molar-refractivity contribution is 5.80. The summed E-state index contributed by atoms with van der Waals surface area (Å²) in [6.45, 7) is 2.61. The van der Waals surface area contributed by atoms with Crippen molar-refractivity contribution in [2.45, 2.75) is 70.0 Å². The fourth-order valence-corrected chi connectivity index (χ4v) is 4.39. The number of fused-ring (bicyclic) bond motifs is 2. The first kappa shape index (κ1) is 14.8. The third kappa shape index (κ3) is 3.23. The summed E-state index contributed by atoms with van der Waals surface area (Å²) >= 11 is 0. The molecule has 21 heavy (non-hydrogen) atoms. The van der Waals surface area contributed by atoms with Crippen molar-refractivity contribution in [3.05, 3.63) is 0 Å². The number of nitrogens with zero attached hydrogens (tertiary/aromatic N) is 1. The van der Waals surface area contributed by atoms with Crippen LogP contribution in [-0.2, 0) is 9.59 Å². The quantitative estimate of drug-likeness (QED) is 0.816. The molecule has 0 spiro atoms. The number of amides is 2. The Balaban J connectivity index is 1.57. The van der Waals surface area contributed by atoms with E-state index in [2.05, 4.69) is 12.2 Å². The van der Waals surface area contributed by atoms with E-state index in [1.54, 1.807) is 0 Å². The summed E-state index contributed by atoms with van der Waals surface area (Å²) in [5, 5.41) is 3.62. The summed E-state index contributed by atoms with van der Waals surface area (Å²) in [7, 11) is 0. The zero-order valence-corrected chi connectivity index (χ0v) is 12.9. The Morgan fingerprint density at radius 1 is 1.14 bits per heavy atom. The molecule has 0 radical (unpaired) electrons. The molecule has 3 heterocycles. The predicted molar refractivity (Wildman–Crippen MR) is 80.4 cm³/mol. The van der Waals surface area contributed by atoms with Crippen molar-refractivity contribution in [1.82, 2.24) is 10.2 Å². The number of carbonyl (C=O) groups is 2. The van der Waals surface area contributed by atoms with Crippen LogP contribution in [0.15, 0.2) is 0 Å². The van der Waals surface area contributed by atoms with Crippen LogP contribution in [0.2, 0.25) is 0 Å². The Bertz CT molecular complexity index is 414. The molecule has 3 saturated heterocycles. The molecular formula is C16H27N3O2. The highest BCUT2D eigenvalue weighted by Gasteiger charge is 2.37. The first-order valence-electron chi connectivity index (χ1n) is 8.37. The average molecular weight is 293 g/mol. The molecule has 4 unspecified atom stereocenters. The molecule has 2 bridgehead atoms. The van der Waals surface area contributed by atoms with Crippen LogP contribution in [-0.4, -0.2) is 41.4 Å². The van der Waals surface area contributed by atoms with Crippen LogP contribution in [0.25, 0.3) is 0 Å². The third-order valence-electron chi connectivity index (χ3n) is 5.64. The highest BCUT2D eigenvalue weighted by atomic mass is 16.2. The molecule has 3 fully saturated rings. The second kappa shape index (κ2) is 5.95. The van der Waals surface area contributed by atoms with E-state index in [0.29, 0.717) is 31.0 Å². The topological polar surface area (TPSA) is 75.4 Å². The number of piperidine rings is 2. The molecule has 0 saturated carbocycles. The molecule has 3 N–H and O–H groups in total.